The van der Waals surface area contributed by atoms with Gasteiger partial charge in [-0.1, -0.05) is 36.4 Å². The predicted octanol–water partition coefficient (Wildman–Crippen LogP) is 2.63. The molecular formula is C15H17FN2O. The van der Waals surface area contributed by atoms with Crippen molar-refractivity contribution in [3.63, 3.8) is 0 Å². The number of nitrogens with one attached hydrogen (secondary N) is 2. The van der Waals surface area contributed by atoms with Crippen LogP contribution in [-0.4, -0.2) is 7.11 Å². The van der Waals surface area contributed by atoms with E-state index in [0.29, 0.717) is 18.7 Å². The van der Waals surface area contributed by atoms with Crippen LogP contribution in [0.4, 0.5) is 4.39 Å². The number of methoxy groups -OCH3 is 1. The van der Waals surface area contributed by atoms with Gasteiger partial charge < -0.3 is 4.74 Å². The van der Waals surface area contributed by atoms with Gasteiger partial charge in [-0.05, 0) is 12.1 Å². The molecule has 4 heteroatoms. The van der Waals surface area contributed by atoms with Crippen LogP contribution in [0.15, 0.2) is 48.5 Å². The van der Waals surface area contributed by atoms with Crippen LogP contribution >= 0.6 is 0 Å². The molecule has 0 heterocycles. The normalized spacial score (nSPS) is 10.4. The van der Waals surface area contributed by atoms with Gasteiger partial charge in [0.2, 0.25) is 0 Å². The molecule has 19 heavy (non-hydrogen) atoms. The van der Waals surface area contributed by atoms with Crippen molar-refractivity contribution >= 4 is 0 Å². The quantitative estimate of drug-likeness (QED) is 0.619. The molecule has 100 valence electrons. The van der Waals surface area contributed by atoms with Gasteiger partial charge in [0.05, 0.1) is 7.11 Å². The van der Waals surface area contributed by atoms with E-state index in [1.54, 1.807) is 19.2 Å². The lowest BCUT2D eigenvalue weighted by Gasteiger charge is -2.10. The summed E-state index contributed by atoms with van der Waals surface area (Å²) in [6.45, 7) is 1.04. The van der Waals surface area contributed by atoms with Crippen molar-refractivity contribution in [2.24, 2.45) is 0 Å². The predicted molar refractivity (Wildman–Crippen MR) is 73.1 cm³/mol. The zero-order valence-corrected chi connectivity index (χ0v) is 10.8. The molecule has 0 unspecified atom stereocenters. The van der Waals surface area contributed by atoms with E-state index in [-0.39, 0.29) is 5.82 Å². The number of ether oxygens (including phenoxy) is 1. The second kappa shape index (κ2) is 6.87. The number of para-hydroxylation sites is 1. The molecule has 0 atom stereocenters. The molecule has 0 spiro atoms. The molecule has 0 fully saturated rings. The van der Waals surface area contributed by atoms with Gasteiger partial charge in [-0.25, -0.2) is 4.39 Å². The van der Waals surface area contributed by atoms with Crippen molar-refractivity contribution in [3.05, 3.63) is 65.5 Å². The zero-order chi connectivity index (χ0) is 13.5. The average molecular weight is 260 g/mol. The molecule has 0 radical (unpaired) electrons. The number of rotatable bonds is 6. The highest BCUT2D eigenvalue weighted by Gasteiger charge is 2.02. The highest BCUT2D eigenvalue weighted by Crippen LogP contribution is 2.16. The molecule has 2 rings (SSSR count). The van der Waals surface area contributed by atoms with Crippen molar-refractivity contribution in [2.45, 2.75) is 13.1 Å². The molecule has 0 bridgehead atoms. The Labute approximate surface area is 112 Å². The lowest BCUT2D eigenvalue weighted by Crippen LogP contribution is -2.31. The fourth-order valence-corrected chi connectivity index (χ4v) is 1.81. The number of hydrazine groups is 1. The lowest BCUT2D eigenvalue weighted by atomic mass is 10.2. The molecule has 2 aromatic carbocycles. The smallest absolute Gasteiger partial charge is 0.127 e. The molecule has 3 nitrogen and oxygen atoms in total. The minimum atomic E-state index is -0.200. The summed E-state index contributed by atoms with van der Waals surface area (Å²) in [5, 5.41) is 0. The van der Waals surface area contributed by atoms with Crippen LogP contribution in [0.25, 0.3) is 0 Å². The Morgan fingerprint density at radius 1 is 0.895 bits per heavy atom. The van der Waals surface area contributed by atoms with Crippen LogP contribution in [0.5, 0.6) is 5.75 Å². The fraction of sp³-hybridized carbons (Fsp3) is 0.200. The minimum Gasteiger partial charge on any atom is -0.496 e. The highest BCUT2D eigenvalue weighted by molar-refractivity contribution is 5.32. The molecule has 0 saturated heterocycles. The van der Waals surface area contributed by atoms with Crippen molar-refractivity contribution < 1.29 is 9.13 Å². The summed E-state index contributed by atoms with van der Waals surface area (Å²) >= 11 is 0. The summed E-state index contributed by atoms with van der Waals surface area (Å²) in [6, 6.07) is 14.5. The fourth-order valence-electron chi connectivity index (χ4n) is 1.81. The van der Waals surface area contributed by atoms with Gasteiger partial charge in [0.25, 0.3) is 0 Å². The van der Waals surface area contributed by atoms with Crippen LogP contribution in [-0.2, 0) is 13.1 Å². The molecule has 0 aliphatic heterocycles. The van der Waals surface area contributed by atoms with Gasteiger partial charge >= 0.3 is 0 Å². The second-order valence-corrected chi connectivity index (χ2v) is 4.11. The average Bonchev–Trinajstić information content (AvgIpc) is 2.45. The Morgan fingerprint density at radius 2 is 1.47 bits per heavy atom. The molecule has 0 saturated carbocycles. The lowest BCUT2D eigenvalue weighted by molar-refractivity contribution is 0.404. The topological polar surface area (TPSA) is 33.3 Å². The Hall–Kier alpha value is -1.91. The monoisotopic (exact) mass is 260 g/mol. The third-order valence-corrected chi connectivity index (χ3v) is 2.83. The van der Waals surface area contributed by atoms with Crippen LogP contribution in [0.1, 0.15) is 11.1 Å². The minimum absolute atomic E-state index is 0.200. The Bertz CT molecular complexity index is 531. The highest BCUT2D eigenvalue weighted by atomic mass is 19.1. The SMILES string of the molecule is COc1ccccc1CNNCc1ccccc1F. The molecule has 2 N–H and O–H groups in total. The maximum absolute atomic E-state index is 13.4. The summed E-state index contributed by atoms with van der Waals surface area (Å²) in [4.78, 5) is 0. The van der Waals surface area contributed by atoms with E-state index >= 15 is 0 Å². The number of benzene rings is 2. The maximum Gasteiger partial charge on any atom is 0.127 e. The summed E-state index contributed by atoms with van der Waals surface area (Å²) in [6.07, 6.45) is 0. The molecule has 0 aliphatic rings. The van der Waals surface area contributed by atoms with E-state index in [2.05, 4.69) is 10.9 Å². The number of hydrogen-bond donors (Lipinski definition) is 2. The third-order valence-electron chi connectivity index (χ3n) is 2.83. The first kappa shape index (κ1) is 13.5. The number of halogens is 1. The van der Waals surface area contributed by atoms with Crippen LogP contribution in [0.2, 0.25) is 0 Å². The van der Waals surface area contributed by atoms with Crippen LogP contribution in [0.3, 0.4) is 0 Å². The van der Waals surface area contributed by atoms with Crippen LogP contribution in [0, 0.1) is 5.82 Å². The van der Waals surface area contributed by atoms with E-state index in [1.807, 2.05) is 30.3 Å². The van der Waals surface area contributed by atoms with Crippen molar-refractivity contribution in [3.8, 4) is 5.75 Å². The molecular weight excluding hydrogens is 243 g/mol. The standard InChI is InChI=1S/C15H17FN2O/c1-19-15-9-5-3-7-13(15)11-18-17-10-12-6-2-4-8-14(12)16/h2-9,17-18H,10-11H2,1H3. The van der Waals surface area contributed by atoms with Gasteiger partial charge in [-0.3, -0.25) is 10.9 Å². The molecule has 2 aromatic rings. The maximum atomic E-state index is 13.4. The Kier molecular flexibility index (Phi) is 4.89. The first-order valence-corrected chi connectivity index (χ1v) is 6.12. The summed E-state index contributed by atoms with van der Waals surface area (Å²) in [5.74, 6) is 0.636. The molecule has 0 amide bonds. The van der Waals surface area contributed by atoms with Crippen molar-refractivity contribution in [1.29, 1.82) is 0 Å². The van der Waals surface area contributed by atoms with Gasteiger partial charge in [-0.2, -0.15) is 0 Å². The Balaban J connectivity index is 1.83. The largest absolute Gasteiger partial charge is 0.496 e. The summed E-state index contributed by atoms with van der Waals surface area (Å²) in [5.41, 5.74) is 7.73. The Morgan fingerprint density at radius 3 is 2.16 bits per heavy atom. The van der Waals surface area contributed by atoms with Gasteiger partial charge in [-0.15, -0.1) is 0 Å². The van der Waals surface area contributed by atoms with E-state index < -0.39 is 0 Å². The second-order valence-electron chi connectivity index (χ2n) is 4.11. The third kappa shape index (κ3) is 3.77. The zero-order valence-electron chi connectivity index (χ0n) is 10.8. The number of hydrogen-bond acceptors (Lipinski definition) is 3. The van der Waals surface area contributed by atoms with Gasteiger partial charge in [0, 0.05) is 24.2 Å². The van der Waals surface area contributed by atoms with Crippen LogP contribution < -0.4 is 15.6 Å². The summed E-state index contributed by atoms with van der Waals surface area (Å²) < 4.78 is 18.6. The van der Waals surface area contributed by atoms with Gasteiger partial charge in [0.1, 0.15) is 11.6 Å². The van der Waals surface area contributed by atoms with E-state index in [4.69, 9.17) is 4.74 Å². The molecule has 0 aromatic heterocycles. The first-order valence-electron chi connectivity index (χ1n) is 6.12. The van der Waals surface area contributed by atoms with Gasteiger partial charge in [0.15, 0.2) is 0 Å². The van der Waals surface area contributed by atoms with E-state index in [9.17, 15) is 4.39 Å². The van der Waals surface area contributed by atoms with Crippen molar-refractivity contribution in [1.82, 2.24) is 10.9 Å². The summed E-state index contributed by atoms with van der Waals surface area (Å²) in [7, 11) is 1.64. The van der Waals surface area contributed by atoms with Crippen molar-refractivity contribution in [2.75, 3.05) is 7.11 Å². The first-order chi connectivity index (χ1) is 9.31. The molecule has 0 aliphatic carbocycles. The van der Waals surface area contributed by atoms with E-state index in [1.165, 1.54) is 6.07 Å². The van der Waals surface area contributed by atoms with E-state index in [0.717, 1.165) is 11.3 Å².